The summed E-state index contributed by atoms with van der Waals surface area (Å²) in [6.07, 6.45) is 1.57. The van der Waals surface area contributed by atoms with Crippen LogP contribution in [0.5, 0.6) is 0 Å². The SMILES string of the molecule is CNc1ncnc(N2CCS(=O)CC2)c1C. The second-order valence-corrected chi connectivity index (χ2v) is 5.45. The Bertz CT molecular complexity index is 400. The Labute approximate surface area is 97.7 Å². The molecule has 0 aromatic carbocycles. The second-order valence-electron chi connectivity index (χ2n) is 3.76. The van der Waals surface area contributed by atoms with Gasteiger partial charge in [-0.3, -0.25) is 4.21 Å². The number of hydrogen-bond donors (Lipinski definition) is 1. The Morgan fingerprint density at radius 2 is 2.06 bits per heavy atom. The molecule has 5 nitrogen and oxygen atoms in total. The Kier molecular flexibility index (Phi) is 3.38. The lowest BCUT2D eigenvalue weighted by atomic mass is 10.3. The molecular formula is C10H16N4OS. The average molecular weight is 240 g/mol. The quantitative estimate of drug-likeness (QED) is 0.810. The van der Waals surface area contributed by atoms with Gasteiger partial charge in [0.05, 0.1) is 0 Å². The van der Waals surface area contributed by atoms with E-state index < -0.39 is 10.8 Å². The molecule has 0 bridgehead atoms. The van der Waals surface area contributed by atoms with E-state index >= 15 is 0 Å². The van der Waals surface area contributed by atoms with Crippen LogP contribution in [0.4, 0.5) is 11.6 Å². The van der Waals surface area contributed by atoms with Gasteiger partial charge in [0, 0.05) is 48.0 Å². The van der Waals surface area contributed by atoms with Gasteiger partial charge in [-0.05, 0) is 6.92 Å². The summed E-state index contributed by atoms with van der Waals surface area (Å²) in [4.78, 5) is 10.6. The predicted octanol–water partition coefficient (Wildman–Crippen LogP) is 0.395. The van der Waals surface area contributed by atoms with Crippen molar-refractivity contribution in [3.8, 4) is 0 Å². The van der Waals surface area contributed by atoms with Crippen molar-refractivity contribution in [3.05, 3.63) is 11.9 Å². The number of aromatic nitrogens is 2. The summed E-state index contributed by atoms with van der Waals surface area (Å²) in [6.45, 7) is 3.63. The predicted molar refractivity (Wildman–Crippen MR) is 66.4 cm³/mol. The Balaban J connectivity index is 2.23. The fraction of sp³-hybridized carbons (Fsp3) is 0.600. The van der Waals surface area contributed by atoms with Crippen LogP contribution in [-0.4, -0.2) is 45.8 Å². The highest BCUT2D eigenvalue weighted by Gasteiger charge is 2.19. The first-order valence-corrected chi connectivity index (χ1v) is 6.80. The van der Waals surface area contributed by atoms with Crippen molar-refractivity contribution in [2.75, 3.05) is 41.9 Å². The lowest BCUT2D eigenvalue weighted by Gasteiger charge is -2.28. The molecule has 1 N–H and O–H groups in total. The van der Waals surface area contributed by atoms with Gasteiger partial charge in [0.15, 0.2) is 0 Å². The fourth-order valence-corrected chi connectivity index (χ4v) is 2.91. The van der Waals surface area contributed by atoms with E-state index in [-0.39, 0.29) is 0 Å². The topological polar surface area (TPSA) is 58.1 Å². The molecule has 0 amide bonds. The standard InChI is InChI=1S/C10H16N4OS/c1-8-9(11-2)12-7-13-10(8)14-3-5-16(15)6-4-14/h7H,3-6H2,1-2H3,(H,11,12,13). The molecule has 0 radical (unpaired) electrons. The summed E-state index contributed by atoms with van der Waals surface area (Å²) in [5, 5.41) is 3.05. The van der Waals surface area contributed by atoms with E-state index in [1.807, 2.05) is 14.0 Å². The molecule has 2 rings (SSSR count). The van der Waals surface area contributed by atoms with E-state index in [9.17, 15) is 4.21 Å². The van der Waals surface area contributed by atoms with Gasteiger partial charge in [-0.25, -0.2) is 9.97 Å². The monoisotopic (exact) mass is 240 g/mol. The number of anilines is 2. The number of nitrogens with one attached hydrogen (secondary N) is 1. The molecule has 16 heavy (non-hydrogen) atoms. The molecule has 1 aliphatic rings. The van der Waals surface area contributed by atoms with Gasteiger partial charge in [-0.1, -0.05) is 0 Å². The van der Waals surface area contributed by atoms with Crippen molar-refractivity contribution in [2.45, 2.75) is 6.92 Å². The Morgan fingerprint density at radius 3 is 2.69 bits per heavy atom. The van der Waals surface area contributed by atoms with E-state index in [0.717, 1.165) is 41.8 Å². The van der Waals surface area contributed by atoms with E-state index in [1.54, 1.807) is 6.33 Å². The summed E-state index contributed by atoms with van der Waals surface area (Å²) < 4.78 is 11.3. The molecule has 0 aliphatic carbocycles. The normalized spacial score (nSPS) is 17.5. The summed E-state index contributed by atoms with van der Waals surface area (Å²) in [6, 6.07) is 0. The largest absolute Gasteiger partial charge is 0.373 e. The summed E-state index contributed by atoms with van der Waals surface area (Å²) in [5.41, 5.74) is 1.05. The molecule has 88 valence electrons. The first-order valence-electron chi connectivity index (χ1n) is 5.31. The zero-order chi connectivity index (χ0) is 11.5. The van der Waals surface area contributed by atoms with Gasteiger partial charge in [-0.2, -0.15) is 0 Å². The van der Waals surface area contributed by atoms with Crippen LogP contribution in [0.15, 0.2) is 6.33 Å². The van der Waals surface area contributed by atoms with Crippen LogP contribution >= 0.6 is 0 Å². The first-order chi connectivity index (χ1) is 7.72. The smallest absolute Gasteiger partial charge is 0.137 e. The van der Waals surface area contributed by atoms with Crippen LogP contribution in [0.2, 0.25) is 0 Å². The van der Waals surface area contributed by atoms with E-state index in [1.165, 1.54) is 0 Å². The molecule has 1 saturated heterocycles. The lowest BCUT2D eigenvalue weighted by Crippen LogP contribution is -2.38. The van der Waals surface area contributed by atoms with Gasteiger partial charge in [-0.15, -0.1) is 0 Å². The summed E-state index contributed by atoms with van der Waals surface area (Å²) in [7, 11) is 1.20. The van der Waals surface area contributed by atoms with Crippen molar-refractivity contribution in [3.63, 3.8) is 0 Å². The Morgan fingerprint density at radius 1 is 1.38 bits per heavy atom. The number of rotatable bonds is 2. The minimum absolute atomic E-state index is 0.649. The van der Waals surface area contributed by atoms with Crippen molar-refractivity contribution >= 4 is 22.4 Å². The second kappa shape index (κ2) is 4.78. The maximum atomic E-state index is 11.3. The van der Waals surface area contributed by atoms with Crippen molar-refractivity contribution in [1.82, 2.24) is 9.97 Å². The van der Waals surface area contributed by atoms with Crippen LogP contribution in [0.1, 0.15) is 5.56 Å². The minimum Gasteiger partial charge on any atom is -0.373 e. The summed E-state index contributed by atoms with van der Waals surface area (Å²) >= 11 is 0. The van der Waals surface area contributed by atoms with Gasteiger partial charge in [0.1, 0.15) is 18.0 Å². The van der Waals surface area contributed by atoms with Gasteiger partial charge in [0.25, 0.3) is 0 Å². The third kappa shape index (κ3) is 2.16. The highest BCUT2D eigenvalue weighted by molar-refractivity contribution is 7.85. The van der Waals surface area contributed by atoms with Crippen molar-refractivity contribution < 1.29 is 4.21 Å². The van der Waals surface area contributed by atoms with Crippen LogP contribution in [0, 0.1) is 6.92 Å². The molecule has 2 heterocycles. The van der Waals surface area contributed by atoms with Crippen molar-refractivity contribution in [1.29, 1.82) is 0 Å². The summed E-state index contributed by atoms with van der Waals surface area (Å²) in [5.74, 6) is 3.28. The van der Waals surface area contributed by atoms with E-state index in [2.05, 4.69) is 20.2 Å². The third-order valence-electron chi connectivity index (χ3n) is 2.77. The first kappa shape index (κ1) is 11.3. The van der Waals surface area contributed by atoms with Crippen LogP contribution in [0.3, 0.4) is 0 Å². The van der Waals surface area contributed by atoms with Crippen LogP contribution in [0.25, 0.3) is 0 Å². The maximum Gasteiger partial charge on any atom is 0.137 e. The van der Waals surface area contributed by atoms with E-state index in [0.29, 0.717) is 0 Å². The molecule has 1 aromatic heterocycles. The lowest BCUT2D eigenvalue weighted by molar-refractivity contribution is 0.672. The minimum atomic E-state index is -0.649. The Hall–Kier alpha value is -1.17. The number of hydrogen-bond acceptors (Lipinski definition) is 5. The number of nitrogens with zero attached hydrogens (tertiary/aromatic N) is 3. The fourth-order valence-electron chi connectivity index (χ4n) is 1.86. The zero-order valence-corrected chi connectivity index (χ0v) is 10.4. The zero-order valence-electron chi connectivity index (χ0n) is 9.56. The molecular weight excluding hydrogens is 224 g/mol. The molecule has 1 aromatic rings. The van der Waals surface area contributed by atoms with Crippen LogP contribution < -0.4 is 10.2 Å². The highest BCUT2D eigenvalue weighted by Crippen LogP contribution is 2.22. The third-order valence-corrected chi connectivity index (χ3v) is 4.05. The molecule has 0 spiro atoms. The van der Waals surface area contributed by atoms with Gasteiger partial charge >= 0.3 is 0 Å². The molecule has 0 saturated carbocycles. The van der Waals surface area contributed by atoms with E-state index in [4.69, 9.17) is 0 Å². The molecule has 0 unspecified atom stereocenters. The maximum absolute atomic E-state index is 11.3. The average Bonchev–Trinajstić information content (AvgIpc) is 2.31. The molecule has 6 heteroatoms. The molecule has 1 fully saturated rings. The van der Waals surface area contributed by atoms with Gasteiger partial charge in [0.2, 0.25) is 0 Å². The molecule has 0 atom stereocenters. The molecule has 1 aliphatic heterocycles. The van der Waals surface area contributed by atoms with Crippen LogP contribution in [-0.2, 0) is 10.8 Å². The highest BCUT2D eigenvalue weighted by atomic mass is 32.2. The van der Waals surface area contributed by atoms with Gasteiger partial charge < -0.3 is 10.2 Å². The van der Waals surface area contributed by atoms with Crippen molar-refractivity contribution in [2.24, 2.45) is 0 Å².